The minimum absolute atomic E-state index is 0.239. The summed E-state index contributed by atoms with van der Waals surface area (Å²) in [5.74, 6) is -0.826. The van der Waals surface area contributed by atoms with Crippen LogP contribution in [0.4, 0.5) is 0 Å². The van der Waals surface area contributed by atoms with Gasteiger partial charge in [0, 0.05) is 19.0 Å². The molecule has 27 heavy (non-hydrogen) atoms. The molecule has 0 aromatic carbocycles. The van der Waals surface area contributed by atoms with Gasteiger partial charge in [-0.25, -0.2) is 4.79 Å². The lowest BCUT2D eigenvalue weighted by Gasteiger charge is -2.29. The van der Waals surface area contributed by atoms with Crippen molar-refractivity contribution in [2.45, 2.75) is 63.6 Å². The molecule has 1 aromatic heterocycles. The average molecular weight is 382 g/mol. The molecule has 0 aliphatic carbocycles. The summed E-state index contributed by atoms with van der Waals surface area (Å²) in [4.78, 5) is 27.3. The molecule has 9 nitrogen and oxygen atoms in total. The Kier molecular flexibility index (Phi) is 4.55. The number of hydrogen-bond donors (Lipinski definition) is 2. The van der Waals surface area contributed by atoms with Gasteiger partial charge in [-0.2, -0.15) is 0 Å². The third-order valence-corrected chi connectivity index (χ3v) is 5.82. The van der Waals surface area contributed by atoms with Crippen molar-refractivity contribution < 1.29 is 23.8 Å². The second-order valence-corrected chi connectivity index (χ2v) is 8.57. The lowest BCUT2D eigenvalue weighted by Crippen LogP contribution is -2.44. The van der Waals surface area contributed by atoms with E-state index in [1.165, 1.54) is 4.57 Å². The first-order chi connectivity index (χ1) is 12.7. The van der Waals surface area contributed by atoms with Crippen molar-refractivity contribution in [2.75, 3.05) is 26.7 Å². The quantitative estimate of drug-likeness (QED) is 0.693. The Labute approximate surface area is 157 Å². The lowest BCUT2D eigenvalue weighted by molar-refractivity contribution is -0.911. The van der Waals surface area contributed by atoms with Crippen molar-refractivity contribution >= 4 is 0 Å². The number of quaternary nitrogens is 1. The molecule has 2 N–H and O–H groups in total. The summed E-state index contributed by atoms with van der Waals surface area (Å²) in [5, 5.41) is 9.63. The van der Waals surface area contributed by atoms with E-state index in [0.29, 0.717) is 12.1 Å². The lowest BCUT2D eigenvalue weighted by atomic mass is 10.1. The topological polar surface area (TPSA) is 103 Å². The molecule has 150 valence electrons. The number of aromatic amines is 1. The van der Waals surface area contributed by atoms with Gasteiger partial charge in [0.15, 0.2) is 12.0 Å². The molecule has 4 atom stereocenters. The van der Waals surface area contributed by atoms with Gasteiger partial charge >= 0.3 is 5.69 Å². The summed E-state index contributed by atoms with van der Waals surface area (Å²) in [6, 6.07) is 0. The maximum atomic E-state index is 12.5. The Morgan fingerprint density at radius 1 is 1.26 bits per heavy atom. The smallest absolute Gasteiger partial charge is 0.330 e. The monoisotopic (exact) mass is 382 g/mol. The molecule has 9 heteroatoms. The number of rotatable bonds is 4. The molecule has 0 spiro atoms. The number of hydrogen-bond acceptors (Lipinski definition) is 6. The highest BCUT2D eigenvalue weighted by atomic mass is 16.8. The van der Waals surface area contributed by atoms with Gasteiger partial charge in [-0.15, -0.1) is 0 Å². The van der Waals surface area contributed by atoms with Crippen LogP contribution < -0.4 is 11.2 Å². The first kappa shape index (κ1) is 18.8. The van der Waals surface area contributed by atoms with Gasteiger partial charge in [-0.05, 0) is 13.8 Å². The molecule has 4 rings (SSSR count). The first-order valence-corrected chi connectivity index (χ1v) is 9.51. The van der Waals surface area contributed by atoms with Crippen LogP contribution in [0.3, 0.4) is 0 Å². The van der Waals surface area contributed by atoms with Gasteiger partial charge in [0.1, 0.15) is 24.9 Å². The fourth-order valence-corrected chi connectivity index (χ4v) is 4.53. The zero-order chi connectivity index (χ0) is 19.4. The zero-order valence-electron chi connectivity index (χ0n) is 16.0. The third kappa shape index (κ3) is 3.38. The van der Waals surface area contributed by atoms with Crippen LogP contribution in [0.15, 0.2) is 15.8 Å². The summed E-state index contributed by atoms with van der Waals surface area (Å²) in [5.41, 5.74) is -0.368. The van der Waals surface area contributed by atoms with Crippen LogP contribution in [0.1, 0.15) is 38.5 Å². The number of ether oxygens (including phenoxy) is 3. The molecule has 0 amide bonds. The fourth-order valence-electron chi connectivity index (χ4n) is 4.53. The van der Waals surface area contributed by atoms with Crippen LogP contribution in [0.2, 0.25) is 0 Å². The normalized spacial score (nSPS) is 34.1. The maximum absolute atomic E-state index is 12.5. The van der Waals surface area contributed by atoms with E-state index in [-0.39, 0.29) is 12.2 Å². The standard InChI is InChI=1S/C18H27N3O6/c1-18(2)26-13-12(10-22)25-16(14(13)27-18)20-8-11(15(23)19-17(20)24)9-21(3)6-4-5-7-21/h8,12-14,16,22H,4-7,9-10H2,1-3H3/p+1/t12-,13?,14?,16-/m1/s1. The minimum atomic E-state index is -0.826. The molecule has 3 saturated heterocycles. The van der Waals surface area contributed by atoms with Crippen molar-refractivity contribution in [3.8, 4) is 0 Å². The highest BCUT2D eigenvalue weighted by molar-refractivity contribution is 5.06. The van der Waals surface area contributed by atoms with E-state index in [1.54, 1.807) is 20.0 Å². The highest BCUT2D eigenvalue weighted by Crippen LogP contribution is 2.42. The van der Waals surface area contributed by atoms with Crippen LogP contribution in [-0.4, -0.2) is 70.0 Å². The van der Waals surface area contributed by atoms with Gasteiger partial charge in [-0.1, -0.05) is 0 Å². The molecular formula is C18H28N3O6+. The Morgan fingerprint density at radius 2 is 1.93 bits per heavy atom. The van der Waals surface area contributed by atoms with Gasteiger partial charge in [0.2, 0.25) is 0 Å². The molecular weight excluding hydrogens is 354 g/mol. The molecule has 0 saturated carbocycles. The van der Waals surface area contributed by atoms with E-state index < -0.39 is 36.0 Å². The molecule has 3 aliphatic heterocycles. The number of aromatic nitrogens is 2. The predicted molar refractivity (Wildman–Crippen MR) is 95.0 cm³/mol. The Balaban J connectivity index is 1.68. The van der Waals surface area contributed by atoms with Gasteiger partial charge < -0.3 is 23.8 Å². The van der Waals surface area contributed by atoms with E-state index in [4.69, 9.17) is 14.2 Å². The molecule has 0 radical (unpaired) electrons. The Bertz CT molecular complexity index is 825. The minimum Gasteiger partial charge on any atom is -0.394 e. The summed E-state index contributed by atoms with van der Waals surface area (Å²) in [6.07, 6.45) is 1.50. The largest absolute Gasteiger partial charge is 0.394 e. The zero-order valence-corrected chi connectivity index (χ0v) is 16.0. The second-order valence-electron chi connectivity index (χ2n) is 8.57. The van der Waals surface area contributed by atoms with E-state index >= 15 is 0 Å². The second kappa shape index (κ2) is 6.52. The number of nitrogens with zero attached hydrogens (tertiary/aromatic N) is 2. The summed E-state index contributed by atoms with van der Waals surface area (Å²) < 4.78 is 19.8. The highest BCUT2D eigenvalue weighted by Gasteiger charge is 2.56. The van der Waals surface area contributed by atoms with Crippen LogP contribution >= 0.6 is 0 Å². The van der Waals surface area contributed by atoms with Crippen molar-refractivity contribution in [3.63, 3.8) is 0 Å². The molecule has 3 aliphatic rings. The SMILES string of the molecule is CC1(C)OC2C(O1)[C@@H](CO)O[C@H]2n1cc(C[N+]2(C)CCCC2)c(=O)[nH]c1=O. The predicted octanol–water partition coefficient (Wildman–Crippen LogP) is -0.313. The van der Waals surface area contributed by atoms with E-state index in [9.17, 15) is 14.7 Å². The third-order valence-electron chi connectivity index (χ3n) is 5.82. The van der Waals surface area contributed by atoms with Crippen LogP contribution in [0, 0.1) is 0 Å². The first-order valence-electron chi connectivity index (χ1n) is 9.51. The number of aliphatic hydroxyl groups excluding tert-OH is 1. The van der Waals surface area contributed by atoms with Crippen LogP contribution in [-0.2, 0) is 20.8 Å². The maximum Gasteiger partial charge on any atom is 0.330 e. The van der Waals surface area contributed by atoms with E-state index in [2.05, 4.69) is 12.0 Å². The van der Waals surface area contributed by atoms with Gasteiger partial charge in [-0.3, -0.25) is 14.3 Å². The summed E-state index contributed by atoms with van der Waals surface area (Å²) >= 11 is 0. The number of likely N-dealkylation sites (tertiary alicyclic amines) is 1. The molecule has 4 heterocycles. The number of aliphatic hydroxyl groups is 1. The van der Waals surface area contributed by atoms with Crippen molar-refractivity contribution in [2.24, 2.45) is 0 Å². The Hall–Kier alpha value is -1.52. The molecule has 3 fully saturated rings. The molecule has 0 bridgehead atoms. The average Bonchev–Trinajstić information content (AvgIpc) is 3.23. The fraction of sp³-hybridized carbons (Fsp3) is 0.778. The summed E-state index contributed by atoms with van der Waals surface area (Å²) in [6.45, 7) is 5.92. The van der Waals surface area contributed by atoms with Crippen molar-refractivity contribution in [1.82, 2.24) is 9.55 Å². The molecule has 1 aromatic rings. The van der Waals surface area contributed by atoms with Crippen molar-refractivity contribution in [3.05, 3.63) is 32.6 Å². The summed E-state index contributed by atoms with van der Waals surface area (Å²) in [7, 11) is 2.13. The van der Waals surface area contributed by atoms with E-state index in [1.807, 2.05) is 0 Å². The van der Waals surface area contributed by atoms with Gasteiger partial charge in [0.05, 0.1) is 32.3 Å². The number of fused-ring (bicyclic) bond motifs is 1. The Morgan fingerprint density at radius 3 is 2.59 bits per heavy atom. The number of H-pyrrole nitrogens is 1. The number of nitrogens with one attached hydrogen (secondary N) is 1. The molecule has 2 unspecified atom stereocenters. The van der Waals surface area contributed by atoms with Crippen LogP contribution in [0.5, 0.6) is 0 Å². The van der Waals surface area contributed by atoms with E-state index in [0.717, 1.165) is 30.4 Å². The van der Waals surface area contributed by atoms with Crippen LogP contribution in [0.25, 0.3) is 0 Å². The van der Waals surface area contributed by atoms with Gasteiger partial charge in [0.25, 0.3) is 5.56 Å². The van der Waals surface area contributed by atoms with Crippen molar-refractivity contribution in [1.29, 1.82) is 0 Å².